The van der Waals surface area contributed by atoms with Crippen LogP contribution in [-0.4, -0.2) is 182 Å². The predicted octanol–water partition coefficient (Wildman–Crippen LogP) is -0.491. The number of thioether (sulfide) groups is 1. The number of β-lactam (4-membered cyclic amide) rings is 1. The summed E-state index contributed by atoms with van der Waals surface area (Å²) < 4.78 is 43.3. The van der Waals surface area contributed by atoms with Gasteiger partial charge in [-0.2, -0.15) is 0 Å². The molecule has 4 aromatic carbocycles. The Morgan fingerprint density at radius 3 is 2.03 bits per heavy atom. The Morgan fingerprint density at radius 2 is 1.39 bits per heavy atom. The molecular weight excluding hydrogens is 962 g/mol. The zero-order chi connectivity index (χ0) is 51.2. The first-order valence-corrected chi connectivity index (χ1v) is 23.3. The molecule has 4 aliphatic rings. The number of carboxylic acids is 2. The predicted molar refractivity (Wildman–Crippen MR) is 242 cm³/mol. The Bertz CT molecular complexity index is 2520. The number of anilines is 1. The van der Waals surface area contributed by atoms with E-state index in [2.05, 4.69) is 0 Å². The van der Waals surface area contributed by atoms with Gasteiger partial charge in [-0.05, 0) is 59.5 Å². The summed E-state index contributed by atoms with van der Waals surface area (Å²) in [6.07, 6.45) is -26.4. The van der Waals surface area contributed by atoms with Crippen LogP contribution in [0.5, 0.6) is 5.75 Å². The van der Waals surface area contributed by atoms with Crippen LogP contribution in [0, 0.1) is 5.82 Å². The first-order chi connectivity index (χ1) is 33.7. The van der Waals surface area contributed by atoms with Crippen molar-refractivity contribution in [3.8, 4) is 16.9 Å². The molecule has 18 atom stereocenters. The van der Waals surface area contributed by atoms with Gasteiger partial charge in [-0.3, -0.25) is 4.79 Å². The Kier molecular flexibility index (Phi) is 15.5. The van der Waals surface area contributed by atoms with Gasteiger partial charge in [0.05, 0.1) is 18.8 Å². The molecule has 4 aliphatic heterocycles. The van der Waals surface area contributed by atoms with Gasteiger partial charge in [-0.25, -0.2) is 14.0 Å². The van der Waals surface area contributed by atoms with E-state index >= 15 is 0 Å². The lowest BCUT2D eigenvalue weighted by Crippen LogP contribution is -2.67. The molecule has 4 saturated heterocycles. The Morgan fingerprint density at radius 1 is 0.746 bits per heavy atom. The van der Waals surface area contributed by atoms with Gasteiger partial charge >= 0.3 is 11.9 Å². The van der Waals surface area contributed by atoms with Gasteiger partial charge in [-0.15, -0.1) is 11.8 Å². The van der Waals surface area contributed by atoms with Crippen molar-refractivity contribution in [3.63, 3.8) is 0 Å². The zero-order valence-electron chi connectivity index (χ0n) is 37.3. The molecule has 12 N–H and O–H groups in total. The molecule has 0 bridgehead atoms. The standard InChI is InChI=1S/C48H52FNO20S/c1-48(65)41(59)37(58)47(70-42(48)45(63)64)68-29(21-11-14-24(49)15-12-21)19-71-40-30(50(43(40)60)25-5-3-2-4-6-25)26-16-13-23(17-27(26)67-46-36(57)33(54)35(56)39(69-46)44(61)62)20-7-9-22(10-8-20)38-34(55)32(53)31(52)28(18-51)66-38/h2-17,28-42,46-47,51-59,65H,18-19H2,1H3,(H,61,62)(H,63,64)/t28-,29+,30-,31-,32+,33?,34-,35+,36?,37?,38?,39?,40-,41?,42?,46-,47-,48?/m1/s1. The molecule has 4 heterocycles. The highest BCUT2D eigenvalue weighted by Crippen LogP contribution is 2.50. The van der Waals surface area contributed by atoms with Crippen LogP contribution in [0.1, 0.15) is 41.9 Å². The maximum Gasteiger partial charge on any atom is 0.336 e. The molecular formula is C48H52FNO20S. The molecule has 71 heavy (non-hydrogen) atoms. The van der Waals surface area contributed by atoms with Gasteiger partial charge in [0, 0.05) is 17.0 Å². The highest BCUT2D eigenvalue weighted by Gasteiger charge is 2.57. The lowest BCUT2D eigenvalue weighted by atomic mass is 9.86. The molecule has 23 heteroatoms. The maximum absolute atomic E-state index is 14.4. The van der Waals surface area contributed by atoms with Crippen LogP contribution in [0.15, 0.2) is 97.1 Å². The van der Waals surface area contributed by atoms with Crippen LogP contribution < -0.4 is 9.64 Å². The lowest BCUT2D eigenvalue weighted by molar-refractivity contribution is -0.326. The number of nitrogens with zero attached hydrogens (tertiary/aromatic N) is 1. The van der Waals surface area contributed by atoms with E-state index in [-0.39, 0.29) is 22.6 Å². The number of hydrogen-bond donors (Lipinski definition) is 12. The number of hydrogen-bond acceptors (Lipinski definition) is 19. The Balaban J connectivity index is 1.16. The second-order valence-corrected chi connectivity index (χ2v) is 19.0. The van der Waals surface area contributed by atoms with Crippen LogP contribution in [0.4, 0.5) is 10.1 Å². The summed E-state index contributed by atoms with van der Waals surface area (Å²) >= 11 is 1.01. The average Bonchev–Trinajstić information content (AvgIpc) is 3.35. The van der Waals surface area contributed by atoms with Gasteiger partial charge in [0.1, 0.15) is 83.5 Å². The number of benzene rings is 4. The van der Waals surface area contributed by atoms with Crippen molar-refractivity contribution in [3.05, 3.63) is 120 Å². The van der Waals surface area contributed by atoms with Gasteiger partial charge in [0.25, 0.3) is 0 Å². The molecule has 21 nitrogen and oxygen atoms in total. The zero-order valence-corrected chi connectivity index (χ0v) is 38.1. The smallest absolute Gasteiger partial charge is 0.336 e. The van der Waals surface area contributed by atoms with Gasteiger partial charge in [0.2, 0.25) is 12.2 Å². The number of aliphatic hydroxyl groups is 10. The molecule has 0 radical (unpaired) electrons. The Labute approximate surface area is 407 Å². The molecule has 0 spiro atoms. The van der Waals surface area contributed by atoms with E-state index in [9.17, 15) is 80.1 Å². The van der Waals surface area contributed by atoms with Crippen molar-refractivity contribution in [2.45, 2.75) is 116 Å². The monoisotopic (exact) mass is 1010 g/mol. The lowest BCUT2D eigenvalue weighted by Gasteiger charge is -2.48. The van der Waals surface area contributed by atoms with E-state index in [4.69, 9.17) is 23.7 Å². The number of amides is 1. The maximum atomic E-state index is 14.4. The molecule has 8 unspecified atom stereocenters. The summed E-state index contributed by atoms with van der Waals surface area (Å²) in [6.45, 7) is 0.327. The summed E-state index contributed by atoms with van der Waals surface area (Å²) in [6, 6.07) is 23.4. The number of halogens is 1. The number of carbonyl (C=O) groups is 3. The van der Waals surface area contributed by atoms with Crippen molar-refractivity contribution in [2.24, 2.45) is 0 Å². The van der Waals surface area contributed by atoms with Gasteiger partial charge in [0.15, 0.2) is 18.5 Å². The minimum Gasteiger partial charge on any atom is -0.479 e. The van der Waals surface area contributed by atoms with Gasteiger partial charge in [-0.1, -0.05) is 66.7 Å². The van der Waals surface area contributed by atoms with E-state index in [0.29, 0.717) is 22.4 Å². The topological polar surface area (TPSA) is 343 Å². The van der Waals surface area contributed by atoms with E-state index in [0.717, 1.165) is 30.8 Å². The number of rotatable bonds is 15. The van der Waals surface area contributed by atoms with Crippen LogP contribution in [0.2, 0.25) is 0 Å². The normalized spacial score (nSPS) is 35.6. The fourth-order valence-corrected chi connectivity index (χ4v) is 10.4. The largest absolute Gasteiger partial charge is 0.479 e. The molecule has 4 aromatic rings. The third-order valence-corrected chi connectivity index (χ3v) is 14.4. The molecule has 0 saturated carbocycles. The van der Waals surface area contributed by atoms with Gasteiger partial charge < -0.3 is 89.9 Å². The summed E-state index contributed by atoms with van der Waals surface area (Å²) in [7, 11) is 0. The van der Waals surface area contributed by atoms with E-state index in [1.165, 1.54) is 23.1 Å². The van der Waals surface area contributed by atoms with Crippen LogP contribution in [-0.2, 0) is 33.3 Å². The number of para-hydroxylation sites is 1. The van der Waals surface area contributed by atoms with E-state index in [1.54, 1.807) is 66.7 Å². The number of ether oxygens (including phenoxy) is 5. The van der Waals surface area contributed by atoms with Crippen molar-refractivity contribution in [1.82, 2.24) is 0 Å². The fraction of sp³-hybridized carbons (Fsp3) is 0.438. The molecule has 0 aliphatic carbocycles. The average molecular weight is 1010 g/mol. The minimum absolute atomic E-state index is 0.105. The van der Waals surface area contributed by atoms with Crippen molar-refractivity contribution in [1.29, 1.82) is 0 Å². The number of aliphatic hydroxyl groups excluding tert-OH is 9. The first-order valence-electron chi connectivity index (χ1n) is 22.2. The van der Waals surface area contributed by atoms with Crippen molar-refractivity contribution < 1.29 is 104 Å². The van der Waals surface area contributed by atoms with E-state index in [1.807, 2.05) is 0 Å². The van der Waals surface area contributed by atoms with Crippen LogP contribution >= 0.6 is 11.8 Å². The second kappa shape index (κ2) is 21.1. The van der Waals surface area contributed by atoms with Crippen LogP contribution in [0.3, 0.4) is 0 Å². The van der Waals surface area contributed by atoms with Crippen molar-refractivity contribution >= 4 is 35.3 Å². The number of carbonyl (C=O) groups excluding carboxylic acids is 1. The Hall–Kier alpha value is -5.19. The quantitative estimate of drug-likeness (QED) is 0.0669. The third kappa shape index (κ3) is 10.1. The summed E-state index contributed by atoms with van der Waals surface area (Å²) in [5.41, 5.74) is -0.221. The molecule has 4 fully saturated rings. The molecule has 0 aromatic heterocycles. The molecule has 1 amide bonds. The highest BCUT2D eigenvalue weighted by atomic mass is 32.2. The van der Waals surface area contributed by atoms with E-state index < -0.39 is 139 Å². The summed E-state index contributed by atoms with van der Waals surface area (Å²) in [5, 5.41) is 125. The van der Waals surface area contributed by atoms with Crippen molar-refractivity contribution in [2.75, 3.05) is 17.3 Å². The summed E-state index contributed by atoms with van der Waals surface area (Å²) in [5.74, 6) is -4.70. The highest BCUT2D eigenvalue weighted by molar-refractivity contribution is 8.00. The first kappa shape index (κ1) is 52.1. The summed E-state index contributed by atoms with van der Waals surface area (Å²) in [4.78, 5) is 40.1. The SMILES string of the molecule is CC1(O)C(C(=O)O)O[C@@H](O[C@@H](CS[C@H]2C(=O)N(c3ccccc3)[C@@H]2c2ccc(-c3ccc(C4O[C@H](CO)[C@@H](O)[C@H](O)[C@H]4O)cc3)cc2O[C@@H]2OC(C(=O)O)[C@@H](O)C(O)C2O)c2ccc(F)cc2)C(O)C1O. The minimum atomic E-state index is -2.45. The molecule has 382 valence electrons. The number of aliphatic carboxylic acids is 2. The third-order valence-electron chi connectivity index (χ3n) is 13.1. The van der Waals surface area contributed by atoms with Crippen LogP contribution in [0.25, 0.3) is 11.1 Å². The molecule has 8 rings (SSSR count). The second-order valence-electron chi connectivity index (χ2n) is 17.8. The number of carboxylic acid groups (broad SMARTS) is 2. The fourth-order valence-electron chi connectivity index (χ4n) is 9.05.